The van der Waals surface area contributed by atoms with E-state index in [0.717, 1.165) is 5.57 Å². The molecule has 0 saturated heterocycles. The maximum absolute atomic E-state index is 3.66. The lowest BCUT2D eigenvalue weighted by molar-refractivity contribution is 0.886. The lowest BCUT2D eigenvalue weighted by Crippen LogP contribution is -1.54. The molecule has 0 aliphatic heterocycles. The van der Waals surface area contributed by atoms with Crippen molar-refractivity contribution < 1.29 is 0 Å². The predicted molar refractivity (Wildman–Crippen MR) is 70.7 cm³/mol. The van der Waals surface area contributed by atoms with Crippen molar-refractivity contribution in [2.75, 3.05) is 0 Å². The van der Waals surface area contributed by atoms with E-state index in [-0.39, 0.29) is 0 Å². The van der Waals surface area contributed by atoms with Gasteiger partial charge in [0, 0.05) is 0 Å². The second-order valence-corrected chi connectivity index (χ2v) is 3.55. The largest absolute Gasteiger partial charge is 0.100 e. The number of hydrogen-bond donors (Lipinski definition) is 0. The van der Waals surface area contributed by atoms with Crippen LogP contribution in [0.15, 0.2) is 36.5 Å². The SMILES string of the molecule is C=C(C)C.C=C(C)C=CC.CCCC. The molecule has 0 radical (unpaired) electrons. The fourth-order valence-corrected chi connectivity index (χ4v) is 0.285. The van der Waals surface area contributed by atoms with Crippen molar-refractivity contribution in [3.05, 3.63) is 36.5 Å². The van der Waals surface area contributed by atoms with Gasteiger partial charge in [-0.05, 0) is 27.7 Å². The molecule has 0 spiro atoms. The summed E-state index contributed by atoms with van der Waals surface area (Å²) >= 11 is 0. The van der Waals surface area contributed by atoms with Crippen molar-refractivity contribution in [3.63, 3.8) is 0 Å². The van der Waals surface area contributed by atoms with E-state index in [2.05, 4.69) is 27.0 Å². The number of hydrogen-bond acceptors (Lipinski definition) is 0. The molecular weight excluding hydrogens is 168 g/mol. The maximum Gasteiger partial charge on any atom is -0.0404 e. The molecule has 0 aromatic rings. The average Bonchev–Trinajstić information content (AvgIpc) is 2.03. The van der Waals surface area contributed by atoms with Crippen LogP contribution in [0, 0.1) is 0 Å². The Labute approximate surface area is 91.4 Å². The van der Waals surface area contributed by atoms with E-state index >= 15 is 0 Å². The van der Waals surface area contributed by atoms with Gasteiger partial charge in [0.15, 0.2) is 0 Å². The summed E-state index contributed by atoms with van der Waals surface area (Å²) in [5, 5.41) is 0. The number of allylic oxidation sites excluding steroid dienone is 4. The van der Waals surface area contributed by atoms with Gasteiger partial charge in [0.2, 0.25) is 0 Å². The molecule has 0 fully saturated rings. The van der Waals surface area contributed by atoms with Crippen LogP contribution in [0.1, 0.15) is 54.4 Å². The summed E-state index contributed by atoms with van der Waals surface area (Å²) in [5.41, 5.74) is 2.28. The topological polar surface area (TPSA) is 0 Å². The summed E-state index contributed by atoms with van der Waals surface area (Å²) in [6, 6.07) is 0. The fraction of sp³-hybridized carbons (Fsp3) is 0.571. The number of unbranched alkanes of at least 4 members (excludes halogenated alkanes) is 1. The first-order valence-corrected chi connectivity index (χ1v) is 5.32. The summed E-state index contributed by atoms with van der Waals surface area (Å²) < 4.78 is 0. The lowest BCUT2D eigenvalue weighted by Gasteiger charge is -1.75. The molecule has 0 N–H and O–H groups in total. The third kappa shape index (κ3) is 113. The highest BCUT2D eigenvalue weighted by molar-refractivity contribution is 5.09. The minimum absolute atomic E-state index is 1.11. The molecule has 0 aliphatic carbocycles. The first kappa shape index (κ1) is 18.9. The molecule has 0 rings (SSSR count). The Morgan fingerprint density at radius 3 is 1.29 bits per heavy atom. The van der Waals surface area contributed by atoms with E-state index in [1.807, 2.05) is 39.8 Å². The molecule has 14 heavy (non-hydrogen) atoms. The van der Waals surface area contributed by atoms with Gasteiger partial charge < -0.3 is 0 Å². The van der Waals surface area contributed by atoms with Crippen molar-refractivity contribution in [1.82, 2.24) is 0 Å². The maximum atomic E-state index is 3.66. The lowest BCUT2D eigenvalue weighted by atomic mass is 10.3. The predicted octanol–water partition coefficient (Wildman–Crippen LogP) is 5.53. The zero-order chi connectivity index (χ0) is 12.0. The highest BCUT2D eigenvalue weighted by Crippen LogP contribution is 1.85. The minimum atomic E-state index is 1.11. The molecule has 0 bridgehead atoms. The van der Waals surface area contributed by atoms with Crippen LogP contribution in [0.2, 0.25) is 0 Å². The molecule has 0 saturated carbocycles. The van der Waals surface area contributed by atoms with Gasteiger partial charge in [0.1, 0.15) is 0 Å². The van der Waals surface area contributed by atoms with Gasteiger partial charge in [-0.25, -0.2) is 0 Å². The van der Waals surface area contributed by atoms with E-state index in [9.17, 15) is 0 Å². The molecular formula is C14H28. The van der Waals surface area contributed by atoms with Crippen molar-refractivity contribution >= 4 is 0 Å². The van der Waals surface area contributed by atoms with E-state index in [1.54, 1.807) is 0 Å². The van der Waals surface area contributed by atoms with Crippen molar-refractivity contribution in [2.45, 2.75) is 54.4 Å². The first-order valence-electron chi connectivity index (χ1n) is 5.32. The third-order valence-electron chi connectivity index (χ3n) is 0.951. The summed E-state index contributed by atoms with van der Waals surface area (Å²) in [7, 11) is 0. The molecule has 0 aromatic heterocycles. The van der Waals surface area contributed by atoms with Crippen LogP contribution in [0.5, 0.6) is 0 Å². The van der Waals surface area contributed by atoms with Gasteiger partial charge in [-0.15, -0.1) is 6.58 Å². The van der Waals surface area contributed by atoms with Crippen molar-refractivity contribution in [3.8, 4) is 0 Å². The van der Waals surface area contributed by atoms with E-state index in [1.165, 1.54) is 18.4 Å². The quantitative estimate of drug-likeness (QED) is 0.402. The van der Waals surface area contributed by atoms with Crippen LogP contribution < -0.4 is 0 Å². The third-order valence-corrected chi connectivity index (χ3v) is 0.951. The molecule has 84 valence electrons. The Balaban J connectivity index is -0.000000135. The van der Waals surface area contributed by atoms with Crippen molar-refractivity contribution in [1.29, 1.82) is 0 Å². The second-order valence-electron chi connectivity index (χ2n) is 3.55. The molecule has 0 unspecified atom stereocenters. The van der Waals surface area contributed by atoms with Crippen LogP contribution in [-0.2, 0) is 0 Å². The second kappa shape index (κ2) is 18.1. The number of rotatable bonds is 2. The van der Waals surface area contributed by atoms with Gasteiger partial charge in [0.05, 0.1) is 0 Å². The van der Waals surface area contributed by atoms with Crippen molar-refractivity contribution in [2.24, 2.45) is 0 Å². The van der Waals surface area contributed by atoms with Crippen LogP contribution in [0.3, 0.4) is 0 Å². The molecule has 0 aliphatic rings. The normalized spacial score (nSPS) is 8.14. The Kier molecular flexibility index (Phi) is 24.4. The zero-order valence-electron chi connectivity index (χ0n) is 11.0. The molecule has 0 aromatic carbocycles. The van der Waals surface area contributed by atoms with Gasteiger partial charge in [-0.3, -0.25) is 0 Å². The highest BCUT2D eigenvalue weighted by atomic mass is 13.7. The standard InChI is InChI=1S/C6H10.C4H8.C4H10/c1-4-5-6(2)3;1-4(2)3;1-3-4-2/h4-5H,2H2,1,3H3;1H2,2-3H3;3-4H2,1-2H3. The smallest absolute Gasteiger partial charge is 0.0404 e. The molecule has 0 atom stereocenters. The van der Waals surface area contributed by atoms with Crippen LogP contribution in [0.25, 0.3) is 0 Å². The summed E-state index contributed by atoms with van der Waals surface area (Å²) in [6.07, 6.45) is 6.59. The minimum Gasteiger partial charge on any atom is -0.100 e. The van der Waals surface area contributed by atoms with Crippen LogP contribution in [0.4, 0.5) is 0 Å². The summed E-state index contributed by atoms with van der Waals surface area (Å²) in [4.78, 5) is 0. The van der Waals surface area contributed by atoms with Gasteiger partial charge in [0.25, 0.3) is 0 Å². The van der Waals surface area contributed by atoms with Gasteiger partial charge in [-0.2, -0.15) is 0 Å². The molecule has 0 amide bonds. The van der Waals surface area contributed by atoms with Crippen LogP contribution in [-0.4, -0.2) is 0 Å². The Hall–Kier alpha value is -0.780. The summed E-state index contributed by atoms with van der Waals surface area (Å²) in [6.45, 7) is 19.5. The van der Waals surface area contributed by atoms with Gasteiger partial charge in [-0.1, -0.05) is 56.6 Å². The average molecular weight is 196 g/mol. The highest BCUT2D eigenvalue weighted by Gasteiger charge is 1.63. The van der Waals surface area contributed by atoms with E-state index < -0.39 is 0 Å². The Bertz CT molecular complexity index is 143. The van der Waals surface area contributed by atoms with E-state index in [0.29, 0.717) is 0 Å². The van der Waals surface area contributed by atoms with E-state index in [4.69, 9.17) is 0 Å². The molecule has 0 nitrogen and oxygen atoms in total. The molecule has 0 heterocycles. The monoisotopic (exact) mass is 196 g/mol. The Morgan fingerprint density at radius 2 is 1.29 bits per heavy atom. The van der Waals surface area contributed by atoms with Gasteiger partial charge >= 0.3 is 0 Å². The molecule has 0 heteroatoms. The summed E-state index contributed by atoms with van der Waals surface area (Å²) in [5.74, 6) is 0. The first-order chi connectivity index (χ1) is 6.42. The van der Waals surface area contributed by atoms with Crippen LogP contribution >= 0.6 is 0 Å². The zero-order valence-corrected chi connectivity index (χ0v) is 11.0. The Morgan fingerprint density at radius 1 is 1.00 bits per heavy atom. The fourth-order valence-electron chi connectivity index (χ4n) is 0.285.